The average Bonchev–Trinajstić information content (AvgIpc) is 2.81. The monoisotopic (exact) mass is 464 g/mol. The smallest absolute Gasteiger partial charge is 0.269 e. The maximum absolute atomic E-state index is 13.6. The van der Waals surface area contributed by atoms with Gasteiger partial charge < -0.3 is 16.0 Å². The summed E-state index contributed by atoms with van der Waals surface area (Å²) in [5.74, 6) is -0.547. The average molecular weight is 465 g/mol. The Labute approximate surface area is 199 Å². The number of nitrogens with zero attached hydrogens (tertiary/aromatic N) is 2. The first kappa shape index (κ1) is 23.9. The summed E-state index contributed by atoms with van der Waals surface area (Å²) in [5, 5.41) is 14.5. The van der Waals surface area contributed by atoms with Crippen LogP contribution in [0.25, 0.3) is 0 Å². The number of amides is 2. The van der Waals surface area contributed by atoms with Gasteiger partial charge in [0, 0.05) is 25.1 Å². The lowest BCUT2D eigenvalue weighted by molar-refractivity contribution is -0.385. The van der Waals surface area contributed by atoms with E-state index in [0.29, 0.717) is 5.56 Å². The molecule has 1 aliphatic carbocycles. The van der Waals surface area contributed by atoms with Crippen molar-refractivity contribution in [3.05, 3.63) is 74.8 Å². The van der Waals surface area contributed by atoms with E-state index in [4.69, 9.17) is 5.73 Å². The van der Waals surface area contributed by atoms with Crippen molar-refractivity contribution >= 4 is 17.5 Å². The summed E-state index contributed by atoms with van der Waals surface area (Å²) < 4.78 is 0. The van der Waals surface area contributed by atoms with Crippen molar-refractivity contribution in [1.29, 1.82) is 0 Å². The number of hydrogen-bond acceptors (Lipinski definition) is 5. The molecular formula is C26H32N4O4. The molecule has 0 saturated heterocycles. The number of nitro groups is 1. The first-order valence-corrected chi connectivity index (χ1v) is 11.8. The van der Waals surface area contributed by atoms with Gasteiger partial charge in [0.25, 0.3) is 5.69 Å². The molecule has 180 valence electrons. The highest BCUT2D eigenvalue weighted by Gasteiger charge is 2.40. The van der Waals surface area contributed by atoms with Crippen molar-refractivity contribution in [1.82, 2.24) is 10.2 Å². The Morgan fingerprint density at radius 2 is 1.88 bits per heavy atom. The van der Waals surface area contributed by atoms with E-state index in [1.807, 2.05) is 39.0 Å². The molecule has 34 heavy (non-hydrogen) atoms. The van der Waals surface area contributed by atoms with E-state index in [2.05, 4.69) is 11.4 Å². The predicted octanol–water partition coefficient (Wildman–Crippen LogP) is 3.42. The van der Waals surface area contributed by atoms with Crippen LogP contribution in [-0.4, -0.2) is 33.7 Å². The summed E-state index contributed by atoms with van der Waals surface area (Å²) >= 11 is 0. The maximum atomic E-state index is 13.6. The van der Waals surface area contributed by atoms with Crippen LogP contribution in [0.4, 0.5) is 5.69 Å². The zero-order chi connectivity index (χ0) is 24.6. The Morgan fingerprint density at radius 1 is 1.15 bits per heavy atom. The number of nitro benzene ring substituents is 1. The van der Waals surface area contributed by atoms with E-state index < -0.39 is 22.4 Å². The molecule has 0 spiro atoms. The van der Waals surface area contributed by atoms with Crippen molar-refractivity contribution in [3.63, 3.8) is 0 Å². The van der Waals surface area contributed by atoms with Crippen molar-refractivity contribution in [2.75, 3.05) is 0 Å². The lowest BCUT2D eigenvalue weighted by Crippen LogP contribution is -2.59. The molecule has 1 aliphatic heterocycles. The van der Waals surface area contributed by atoms with Crippen molar-refractivity contribution in [2.24, 2.45) is 11.1 Å². The van der Waals surface area contributed by atoms with Gasteiger partial charge in [0.2, 0.25) is 11.8 Å². The molecule has 8 nitrogen and oxygen atoms in total. The van der Waals surface area contributed by atoms with Crippen LogP contribution in [0.5, 0.6) is 0 Å². The molecule has 0 bridgehead atoms. The highest BCUT2D eigenvalue weighted by Crippen LogP contribution is 2.32. The van der Waals surface area contributed by atoms with E-state index in [0.717, 1.165) is 30.4 Å². The quantitative estimate of drug-likeness (QED) is 0.531. The normalized spacial score (nSPS) is 20.6. The van der Waals surface area contributed by atoms with Gasteiger partial charge >= 0.3 is 0 Å². The van der Waals surface area contributed by atoms with Crippen LogP contribution in [0, 0.1) is 15.5 Å². The SMILES string of the molecule is CC(C)(C)C(N)C(=O)N1Cc2cc([N+](=O)[O-])ccc2C[C@H]1C(=O)N[C@@H]1CCCc2ccccc21. The number of carbonyl (C=O) groups excluding carboxylic acids is 2. The summed E-state index contributed by atoms with van der Waals surface area (Å²) in [6.45, 7) is 5.75. The summed E-state index contributed by atoms with van der Waals surface area (Å²) in [7, 11) is 0. The molecule has 1 heterocycles. The second-order valence-electron chi connectivity index (χ2n) is 10.4. The van der Waals surface area contributed by atoms with E-state index in [9.17, 15) is 19.7 Å². The van der Waals surface area contributed by atoms with Gasteiger partial charge in [-0.2, -0.15) is 0 Å². The molecule has 3 atom stereocenters. The summed E-state index contributed by atoms with van der Waals surface area (Å²) in [4.78, 5) is 39.4. The largest absolute Gasteiger partial charge is 0.347 e. The van der Waals surface area contributed by atoms with Crippen LogP contribution in [0.2, 0.25) is 0 Å². The Kier molecular flexibility index (Phi) is 6.45. The summed E-state index contributed by atoms with van der Waals surface area (Å²) in [6.07, 6.45) is 3.10. The number of nitrogens with one attached hydrogen (secondary N) is 1. The van der Waals surface area contributed by atoms with Gasteiger partial charge in [-0.1, -0.05) is 51.1 Å². The van der Waals surface area contributed by atoms with Crippen LogP contribution in [0.1, 0.15) is 61.9 Å². The molecule has 8 heteroatoms. The van der Waals surface area contributed by atoms with E-state index in [1.54, 1.807) is 6.07 Å². The number of nitrogens with two attached hydrogens (primary N) is 1. The Balaban J connectivity index is 1.65. The second kappa shape index (κ2) is 9.18. The predicted molar refractivity (Wildman–Crippen MR) is 129 cm³/mol. The van der Waals surface area contributed by atoms with Gasteiger partial charge in [-0.05, 0) is 46.9 Å². The highest BCUT2D eigenvalue weighted by molar-refractivity contribution is 5.91. The highest BCUT2D eigenvalue weighted by atomic mass is 16.6. The molecule has 1 unspecified atom stereocenters. The van der Waals surface area contributed by atoms with Crippen LogP contribution in [0.3, 0.4) is 0 Å². The third-order valence-corrected chi connectivity index (χ3v) is 7.00. The molecule has 0 fully saturated rings. The third kappa shape index (κ3) is 4.68. The minimum Gasteiger partial charge on any atom is -0.347 e. The number of aryl methyl sites for hydroxylation is 1. The van der Waals surface area contributed by atoms with Crippen LogP contribution >= 0.6 is 0 Å². The molecule has 2 amide bonds. The van der Waals surface area contributed by atoms with Gasteiger partial charge in [-0.25, -0.2) is 0 Å². The van der Waals surface area contributed by atoms with Gasteiger partial charge in [-0.3, -0.25) is 19.7 Å². The van der Waals surface area contributed by atoms with Crippen molar-refractivity contribution in [3.8, 4) is 0 Å². The van der Waals surface area contributed by atoms with E-state index >= 15 is 0 Å². The van der Waals surface area contributed by atoms with Crippen LogP contribution in [0.15, 0.2) is 42.5 Å². The fourth-order valence-electron chi connectivity index (χ4n) is 4.87. The standard InChI is InChI=1S/C26H32N4O4/c1-26(2,3)23(27)25(32)29-15-18-13-19(30(33)34)12-11-17(18)14-22(29)24(31)28-21-10-6-8-16-7-4-5-9-20(16)21/h4-5,7,9,11-13,21-23H,6,8,10,14-15,27H2,1-3H3,(H,28,31)/t21-,22+,23?/m1/s1. The molecule has 3 N–H and O–H groups in total. The molecule has 0 saturated carbocycles. The fourth-order valence-corrected chi connectivity index (χ4v) is 4.87. The molecular weight excluding hydrogens is 432 g/mol. The minimum atomic E-state index is -0.807. The lowest BCUT2D eigenvalue weighted by Gasteiger charge is -2.40. The molecule has 0 radical (unpaired) electrons. The molecule has 2 aromatic rings. The lowest BCUT2D eigenvalue weighted by atomic mass is 9.84. The molecule has 2 aromatic carbocycles. The number of fused-ring (bicyclic) bond motifs is 2. The van der Waals surface area contributed by atoms with Crippen LogP contribution in [-0.2, 0) is 29.0 Å². The molecule has 2 aliphatic rings. The van der Waals surface area contributed by atoms with E-state index in [1.165, 1.54) is 22.6 Å². The third-order valence-electron chi connectivity index (χ3n) is 7.00. The number of rotatable bonds is 4. The Hall–Kier alpha value is -3.26. The second-order valence-corrected chi connectivity index (χ2v) is 10.4. The molecule has 0 aromatic heterocycles. The Bertz CT molecular complexity index is 1120. The number of carbonyl (C=O) groups is 2. The summed E-state index contributed by atoms with van der Waals surface area (Å²) in [5.41, 5.74) is 9.65. The number of hydrogen-bond donors (Lipinski definition) is 2. The minimum absolute atomic E-state index is 0.0343. The zero-order valence-electron chi connectivity index (χ0n) is 19.9. The first-order chi connectivity index (χ1) is 16.1. The van der Waals surface area contributed by atoms with E-state index in [-0.39, 0.29) is 36.5 Å². The van der Waals surface area contributed by atoms with Crippen molar-refractivity contribution < 1.29 is 14.5 Å². The van der Waals surface area contributed by atoms with Gasteiger partial charge in [0.05, 0.1) is 17.0 Å². The zero-order valence-corrected chi connectivity index (χ0v) is 19.9. The Morgan fingerprint density at radius 3 is 2.59 bits per heavy atom. The topological polar surface area (TPSA) is 119 Å². The maximum Gasteiger partial charge on any atom is 0.269 e. The number of non-ortho nitro benzene ring substituents is 1. The van der Waals surface area contributed by atoms with Gasteiger partial charge in [-0.15, -0.1) is 0 Å². The van der Waals surface area contributed by atoms with Gasteiger partial charge in [0.1, 0.15) is 6.04 Å². The van der Waals surface area contributed by atoms with Crippen LogP contribution < -0.4 is 11.1 Å². The number of benzene rings is 2. The van der Waals surface area contributed by atoms with Crippen molar-refractivity contribution in [2.45, 2.75) is 71.1 Å². The molecule has 4 rings (SSSR count). The fraction of sp³-hybridized carbons (Fsp3) is 0.462. The first-order valence-electron chi connectivity index (χ1n) is 11.8. The summed E-state index contributed by atoms with van der Waals surface area (Å²) in [6, 6.07) is 11.1. The van der Waals surface area contributed by atoms with Gasteiger partial charge in [0.15, 0.2) is 0 Å².